The number of unbranched alkanes of at least 4 members (excludes halogenated alkanes) is 1. The van der Waals surface area contributed by atoms with Crippen LogP contribution in [0.25, 0.3) is 0 Å². The highest BCUT2D eigenvalue weighted by atomic mass is 16.6. The molecule has 2 heterocycles. The monoisotopic (exact) mass is 270 g/mol. The summed E-state index contributed by atoms with van der Waals surface area (Å²) in [6, 6.07) is 0.449. The van der Waals surface area contributed by atoms with E-state index in [0.717, 1.165) is 38.9 Å². The second-order valence-corrected chi connectivity index (χ2v) is 5.37. The second kappa shape index (κ2) is 7.82. The third kappa shape index (κ3) is 4.44. The van der Waals surface area contributed by atoms with Crippen LogP contribution in [0.2, 0.25) is 0 Å². The Morgan fingerprint density at radius 3 is 2.95 bits per heavy atom. The Morgan fingerprint density at radius 2 is 2.32 bits per heavy atom. The summed E-state index contributed by atoms with van der Waals surface area (Å²) in [6.45, 7) is 6.38. The number of nitrogens with zero attached hydrogens (tertiary/aromatic N) is 1. The van der Waals surface area contributed by atoms with Gasteiger partial charge in [-0.05, 0) is 25.8 Å². The summed E-state index contributed by atoms with van der Waals surface area (Å²) in [4.78, 5) is 14.4. The van der Waals surface area contributed by atoms with Gasteiger partial charge in [-0.1, -0.05) is 13.3 Å². The highest BCUT2D eigenvalue weighted by Gasteiger charge is 2.29. The van der Waals surface area contributed by atoms with E-state index in [1.807, 2.05) is 4.90 Å². The molecule has 0 aromatic rings. The Balaban J connectivity index is 1.88. The minimum absolute atomic E-state index is 0.0989. The first kappa shape index (κ1) is 14.8. The van der Waals surface area contributed by atoms with Crippen LogP contribution >= 0.6 is 0 Å². The molecular weight excluding hydrogens is 244 g/mol. The van der Waals surface area contributed by atoms with Gasteiger partial charge in [0.2, 0.25) is 0 Å². The van der Waals surface area contributed by atoms with E-state index >= 15 is 0 Å². The molecule has 2 atom stereocenters. The second-order valence-electron chi connectivity index (χ2n) is 5.37. The lowest BCUT2D eigenvalue weighted by atomic mass is 10.2. The zero-order chi connectivity index (χ0) is 13.5. The number of carbonyl (C=O) groups is 1. The Hall–Kier alpha value is -0.650. The van der Waals surface area contributed by atoms with Crippen molar-refractivity contribution >= 4 is 5.91 Å². The standard InChI is InChI=1S/C14H26N2O3/c1-2-3-7-16(10-12-5-4-6-15-12)14(17)13-11-18-8-9-19-13/h12-13,15H,2-11H2,1H3. The van der Waals surface area contributed by atoms with Gasteiger partial charge in [0.25, 0.3) is 5.91 Å². The molecule has 5 heteroatoms. The van der Waals surface area contributed by atoms with E-state index in [1.54, 1.807) is 0 Å². The average molecular weight is 270 g/mol. The largest absolute Gasteiger partial charge is 0.376 e. The molecule has 2 aliphatic rings. The van der Waals surface area contributed by atoms with Crippen molar-refractivity contribution in [3.63, 3.8) is 0 Å². The summed E-state index contributed by atoms with van der Waals surface area (Å²) in [5, 5.41) is 3.46. The van der Waals surface area contributed by atoms with Crippen LogP contribution in [0, 0.1) is 0 Å². The fourth-order valence-corrected chi connectivity index (χ4v) is 2.65. The molecule has 110 valence electrons. The summed E-state index contributed by atoms with van der Waals surface area (Å²) < 4.78 is 10.9. The summed E-state index contributed by atoms with van der Waals surface area (Å²) in [5.74, 6) is 0.0989. The summed E-state index contributed by atoms with van der Waals surface area (Å²) in [6.07, 6.45) is 4.13. The van der Waals surface area contributed by atoms with Crippen LogP contribution in [-0.2, 0) is 14.3 Å². The number of rotatable bonds is 6. The molecule has 19 heavy (non-hydrogen) atoms. The summed E-state index contributed by atoms with van der Waals surface area (Å²) in [7, 11) is 0. The zero-order valence-electron chi connectivity index (χ0n) is 11.9. The van der Waals surface area contributed by atoms with Gasteiger partial charge in [-0.15, -0.1) is 0 Å². The van der Waals surface area contributed by atoms with Crippen molar-refractivity contribution in [1.82, 2.24) is 10.2 Å². The number of hydrogen-bond donors (Lipinski definition) is 1. The van der Waals surface area contributed by atoms with E-state index in [9.17, 15) is 4.79 Å². The van der Waals surface area contributed by atoms with Crippen molar-refractivity contribution in [2.75, 3.05) is 39.5 Å². The van der Waals surface area contributed by atoms with E-state index in [2.05, 4.69) is 12.2 Å². The summed E-state index contributed by atoms with van der Waals surface area (Å²) in [5.41, 5.74) is 0. The van der Waals surface area contributed by atoms with Crippen LogP contribution in [-0.4, -0.2) is 62.4 Å². The van der Waals surface area contributed by atoms with Crippen LogP contribution in [0.3, 0.4) is 0 Å². The molecular formula is C14H26N2O3. The van der Waals surface area contributed by atoms with E-state index in [-0.39, 0.29) is 5.91 Å². The number of hydrogen-bond acceptors (Lipinski definition) is 4. The Morgan fingerprint density at radius 1 is 1.42 bits per heavy atom. The van der Waals surface area contributed by atoms with Gasteiger partial charge < -0.3 is 19.7 Å². The molecule has 1 N–H and O–H groups in total. The van der Waals surface area contributed by atoms with Gasteiger partial charge in [-0.25, -0.2) is 0 Å². The van der Waals surface area contributed by atoms with Crippen LogP contribution in [0.4, 0.5) is 0 Å². The van der Waals surface area contributed by atoms with E-state index in [1.165, 1.54) is 6.42 Å². The fraction of sp³-hybridized carbons (Fsp3) is 0.929. The lowest BCUT2D eigenvalue weighted by Gasteiger charge is -2.31. The first-order valence-corrected chi connectivity index (χ1v) is 7.52. The van der Waals surface area contributed by atoms with Crippen LogP contribution in [0.1, 0.15) is 32.6 Å². The number of ether oxygens (including phenoxy) is 2. The highest BCUT2D eigenvalue weighted by molar-refractivity contribution is 5.81. The number of amides is 1. The molecule has 0 aliphatic carbocycles. The van der Waals surface area contributed by atoms with Crippen molar-refractivity contribution < 1.29 is 14.3 Å². The van der Waals surface area contributed by atoms with E-state index < -0.39 is 6.10 Å². The zero-order valence-corrected chi connectivity index (χ0v) is 11.9. The van der Waals surface area contributed by atoms with Crippen LogP contribution in [0.5, 0.6) is 0 Å². The molecule has 2 aliphatic heterocycles. The Labute approximate surface area is 115 Å². The third-order valence-electron chi connectivity index (χ3n) is 3.79. The molecule has 1 amide bonds. The van der Waals surface area contributed by atoms with Gasteiger partial charge in [0, 0.05) is 19.1 Å². The van der Waals surface area contributed by atoms with Crippen molar-refractivity contribution in [2.24, 2.45) is 0 Å². The van der Waals surface area contributed by atoms with Gasteiger partial charge >= 0.3 is 0 Å². The maximum absolute atomic E-state index is 12.5. The molecule has 0 aromatic heterocycles. The SMILES string of the molecule is CCCCN(CC1CCCN1)C(=O)C1COCCO1. The molecule has 0 saturated carbocycles. The lowest BCUT2D eigenvalue weighted by Crippen LogP contribution is -2.49. The van der Waals surface area contributed by atoms with Crippen LogP contribution < -0.4 is 5.32 Å². The summed E-state index contributed by atoms with van der Waals surface area (Å²) >= 11 is 0. The first-order chi connectivity index (χ1) is 9.31. The van der Waals surface area contributed by atoms with Gasteiger partial charge in [-0.3, -0.25) is 4.79 Å². The molecule has 2 fully saturated rings. The molecule has 0 bridgehead atoms. The molecule has 2 rings (SSSR count). The Bertz CT molecular complexity index is 274. The van der Waals surface area contributed by atoms with Crippen molar-refractivity contribution in [3.05, 3.63) is 0 Å². The molecule has 0 spiro atoms. The molecule has 2 unspecified atom stereocenters. The quantitative estimate of drug-likeness (QED) is 0.775. The molecule has 0 radical (unpaired) electrons. The van der Waals surface area contributed by atoms with E-state index in [4.69, 9.17) is 9.47 Å². The predicted octanol–water partition coefficient (Wildman–Crippen LogP) is 0.783. The normalized spacial score (nSPS) is 27.4. The van der Waals surface area contributed by atoms with Gasteiger partial charge in [-0.2, -0.15) is 0 Å². The minimum atomic E-state index is -0.396. The topological polar surface area (TPSA) is 50.8 Å². The minimum Gasteiger partial charge on any atom is -0.376 e. The van der Waals surface area contributed by atoms with Crippen molar-refractivity contribution in [3.8, 4) is 0 Å². The highest BCUT2D eigenvalue weighted by Crippen LogP contribution is 2.11. The third-order valence-corrected chi connectivity index (χ3v) is 3.79. The predicted molar refractivity (Wildman–Crippen MR) is 73.1 cm³/mol. The first-order valence-electron chi connectivity index (χ1n) is 7.52. The molecule has 0 aromatic carbocycles. The molecule has 2 saturated heterocycles. The smallest absolute Gasteiger partial charge is 0.254 e. The fourth-order valence-electron chi connectivity index (χ4n) is 2.65. The van der Waals surface area contributed by atoms with Gasteiger partial charge in [0.05, 0.1) is 19.8 Å². The number of carbonyl (C=O) groups excluding carboxylic acids is 1. The lowest BCUT2D eigenvalue weighted by molar-refractivity contribution is -0.158. The van der Waals surface area contributed by atoms with Crippen LogP contribution in [0.15, 0.2) is 0 Å². The van der Waals surface area contributed by atoms with Crippen molar-refractivity contribution in [2.45, 2.75) is 44.8 Å². The van der Waals surface area contributed by atoms with Gasteiger partial charge in [0.1, 0.15) is 0 Å². The maximum atomic E-state index is 12.5. The molecule has 5 nitrogen and oxygen atoms in total. The Kier molecular flexibility index (Phi) is 6.07. The maximum Gasteiger partial charge on any atom is 0.254 e. The van der Waals surface area contributed by atoms with Gasteiger partial charge in [0.15, 0.2) is 6.10 Å². The number of nitrogens with one attached hydrogen (secondary N) is 1. The van der Waals surface area contributed by atoms with Crippen molar-refractivity contribution in [1.29, 1.82) is 0 Å². The van der Waals surface area contributed by atoms with E-state index in [0.29, 0.717) is 25.9 Å². The average Bonchev–Trinajstić information content (AvgIpc) is 2.96.